The number of quaternary nitrogens is 1. The zero-order valence-corrected chi connectivity index (χ0v) is 7.52. The van der Waals surface area contributed by atoms with E-state index < -0.39 is 0 Å². The van der Waals surface area contributed by atoms with E-state index in [4.69, 9.17) is 0 Å². The van der Waals surface area contributed by atoms with Crippen molar-refractivity contribution in [2.24, 2.45) is 5.92 Å². The Morgan fingerprint density at radius 2 is 2.10 bits per heavy atom. The summed E-state index contributed by atoms with van der Waals surface area (Å²) in [5.41, 5.74) is 1.55. The molecule has 1 aliphatic heterocycles. The topological polar surface area (TPSA) is 0 Å². The van der Waals surface area contributed by atoms with Gasteiger partial charge in [-0.3, -0.25) is 0 Å². The average molecular weight is 140 g/mol. The first-order valence-corrected chi connectivity index (χ1v) is 3.99. The van der Waals surface area contributed by atoms with Crippen molar-refractivity contribution in [2.75, 3.05) is 27.2 Å². The summed E-state index contributed by atoms with van der Waals surface area (Å²) in [4.78, 5) is 0. The summed E-state index contributed by atoms with van der Waals surface area (Å²) in [6.07, 6.45) is 2.39. The molecular weight excluding hydrogens is 122 g/mol. The van der Waals surface area contributed by atoms with E-state index in [1.807, 2.05) is 0 Å². The summed E-state index contributed by atoms with van der Waals surface area (Å²) in [7, 11) is 4.60. The molecule has 0 bridgehead atoms. The highest BCUT2D eigenvalue weighted by molar-refractivity contribution is 5.03. The minimum Gasteiger partial charge on any atom is -0.325 e. The average Bonchev–Trinajstić information content (AvgIpc) is 1.54. The fraction of sp³-hybridized carbons (Fsp3) is 0.778. The zero-order chi connectivity index (χ0) is 7.78. The zero-order valence-electron chi connectivity index (χ0n) is 7.52. The van der Waals surface area contributed by atoms with Gasteiger partial charge >= 0.3 is 0 Å². The van der Waals surface area contributed by atoms with Gasteiger partial charge in [0.2, 0.25) is 0 Å². The second kappa shape index (κ2) is 2.39. The lowest BCUT2D eigenvalue weighted by molar-refractivity contribution is -0.889. The van der Waals surface area contributed by atoms with Gasteiger partial charge in [-0.25, -0.2) is 0 Å². The van der Waals surface area contributed by atoms with Crippen molar-refractivity contribution >= 4 is 0 Å². The molecule has 0 saturated heterocycles. The van der Waals surface area contributed by atoms with E-state index in [-0.39, 0.29) is 0 Å². The molecule has 1 heteroatoms. The Hall–Kier alpha value is -0.300. The van der Waals surface area contributed by atoms with Crippen molar-refractivity contribution in [3.05, 3.63) is 11.6 Å². The van der Waals surface area contributed by atoms with E-state index in [0.29, 0.717) is 0 Å². The normalized spacial score (nSPS) is 31.6. The van der Waals surface area contributed by atoms with Crippen LogP contribution < -0.4 is 0 Å². The Labute approximate surface area is 63.9 Å². The molecule has 1 atom stereocenters. The first kappa shape index (κ1) is 7.80. The molecular formula is C9H18N+. The van der Waals surface area contributed by atoms with Crippen molar-refractivity contribution < 1.29 is 4.48 Å². The van der Waals surface area contributed by atoms with Crippen LogP contribution >= 0.6 is 0 Å². The van der Waals surface area contributed by atoms with Crippen LogP contribution in [-0.2, 0) is 0 Å². The number of rotatable bonds is 0. The molecule has 1 heterocycles. The number of hydrogen-bond acceptors (Lipinski definition) is 0. The lowest BCUT2D eigenvalue weighted by Crippen LogP contribution is -2.46. The van der Waals surface area contributed by atoms with Gasteiger partial charge in [-0.05, 0) is 12.5 Å². The van der Waals surface area contributed by atoms with Crippen LogP contribution in [0.5, 0.6) is 0 Å². The molecule has 0 N–H and O–H groups in total. The van der Waals surface area contributed by atoms with E-state index >= 15 is 0 Å². The van der Waals surface area contributed by atoms with Gasteiger partial charge < -0.3 is 4.48 Å². The molecule has 0 fully saturated rings. The number of hydrogen-bond donors (Lipinski definition) is 0. The van der Waals surface area contributed by atoms with Crippen LogP contribution in [0.2, 0.25) is 0 Å². The lowest BCUT2D eigenvalue weighted by Gasteiger charge is -2.35. The molecule has 0 aromatic carbocycles. The van der Waals surface area contributed by atoms with Crippen molar-refractivity contribution in [1.82, 2.24) is 0 Å². The molecule has 1 nitrogen and oxygen atoms in total. The summed E-state index contributed by atoms with van der Waals surface area (Å²) >= 11 is 0. The third-order valence-electron chi connectivity index (χ3n) is 2.03. The number of likely N-dealkylation sites (N-methyl/N-ethyl adjacent to an activating group) is 1. The van der Waals surface area contributed by atoms with E-state index in [1.165, 1.54) is 13.1 Å². The standard InChI is InChI=1S/C9H18N/c1-8-5-9(2)7-10(3,4)6-8/h5,8H,6-7H2,1-4H3/q+1/t8-/m1/s1. The van der Waals surface area contributed by atoms with Gasteiger partial charge in [-0.15, -0.1) is 0 Å². The fourth-order valence-corrected chi connectivity index (χ4v) is 2.11. The first-order chi connectivity index (χ1) is 4.49. The van der Waals surface area contributed by atoms with Crippen LogP contribution in [-0.4, -0.2) is 31.7 Å². The van der Waals surface area contributed by atoms with E-state index in [0.717, 1.165) is 10.4 Å². The summed E-state index contributed by atoms with van der Waals surface area (Å²) in [5.74, 6) is 0.767. The van der Waals surface area contributed by atoms with Gasteiger partial charge in [0.05, 0.1) is 27.2 Å². The number of nitrogens with zero attached hydrogens (tertiary/aromatic N) is 1. The van der Waals surface area contributed by atoms with Gasteiger partial charge in [0.1, 0.15) is 0 Å². The van der Waals surface area contributed by atoms with Gasteiger partial charge in [0, 0.05) is 5.92 Å². The van der Waals surface area contributed by atoms with Crippen LogP contribution in [0.4, 0.5) is 0 Å². The van der Waals surface area contributed by atoms with E-state index in [9.17, 15) is 0 Å². The van der Waals surface area contributed by atoms with Gasteiger partial charge in [-0.2, -0.15) is 0 Å². The Bertz CT molecular complexity index is 156. The Balaban J connectivity index is 2.70. The molecule has 1 rings (SSSR count). The predicted octanol–water partition coefficient (Wildman–Crippen LogP) is 1.66. The maximum atomic E-state index is 2.39. The monoisotopic (exact) mass is 140 g/mol. The van der Waals surface area contributed by atoms with Crippen molar-refractivity contribution in [1.29, 1.82) is 0 Å². The third-order valence-corrected chi connectivity index (χ3v) is 2.03. The third kappa shape index (κ3) is 1.84. The van der Waals surface area contributed by atoms with Gasteiger partial charge in [0.15, 0.2) is 0 Å². The largest absolute Gasteiger partial charge is 0.325 e. The van der Waals surface area contributed by atoms with Crippen molar-refractivity contribution in [3.63, 3.8) is 0 Å². The maximum absolute atomic E-state index is 2.39. The summed E-state index contributed by atoms with van der Waals surface area (Å²) < 4.78 is 1.16. The minimum absolute atomic E-state index is 0.767. The molecule has 0 radical (unpaired) electrons. The molecule has 0 aromatic heterocycles. The highest BCUT2D eigenvalue weighted by atomic mass is 15.3. The molecule has 1 aliphatic rings. The maximum Gasteiger partial charge on any atom is 0.0996 e. The van der Waals surface area contributed by atoms with Crippen molar-refractivity contribution in [2.45, 2.75) is 13.8 Å². The predicted molar refractivity (Wildman–Crippen MR) is 44.8 cm³/mol. The van der Waals surface area contributed by atoms with Crippen LogP contribution in [0.15, 0.2) is 11.6 Å². The first-order valence-electron chi connectivity index (χ1n) is 3.99. The highest BCUT2D eigenvalue weighted by Crippen LogP contribution is 2.17. The summed E-state index contributed by atoms with van der Waals surface area (Å²) in [5, 5.41) is 0. The minimum atomic E-state index is 0.767. The van der Waals surface area contributed by atoms with E-state index in [2.05, 4.69) is 34.0 Å². The molecule has 0 amide bonds. The second-order valence-corrected chi connectivity index (χ2v) is 4.27. The second-order valence-electron chi connectivity index (χ2n) is 4.27. The molecule has 0 aliphatic carbocycles. The SMILES string of the molecule is CC1=C[C@@H](C)C[N+](C)(C)C1. The molecule has 0 unspecified atom stereocenters. The molecule has 0 aromatic rings. The molecule has 10 heavy (non-hydrogen) atoms. The van der Waals surface area contributed by atoms with E-state index in [1.54, 1.807) is 5.57 Å². The Morgan fingerprint density at radius 1 is 1.50 bits per heavy atom. The summed E-state index contributed by atoms with van der Waals surface area (Å²) in [6, 6.07) is 0. The molecule has 0 saturated carbocycles. The van der Waals surface area contributed by atoms with Gasteiger partial charge in [0.25, 0.3) is 0 Å². The smallest absolute Gasteiger partial charge is 0.0996 e. The van der Waals surface area contributed by atoms with Crippen LogP contribution in [0.1, 0.15) is 13.8 Å². The molecule has 0 spiro atoms. The van der Waals surface area contributed by atoms with Crippen molar-refractivity contribution in [3.8, 4) is 0 Å². The van der Waals surface area contributed by atoms with Crippen LogP contribution in [0.3, 0.4) is 0 Å². The van der Waals surface area contributed by atoms with Gasteiger partial charge in [-0.1, -0.05) is 13.0 Å². The van der Waals surface area contributed by atoms with Crippen LogP contribution in [0.25, 0.3) is 0 Å². The quantitative estimate of drug-likeness (QED) is 0.354. The molecule has 58 valence electrons. The Morgan fingerprint density at radius 3 is 2.50 bits per heavy atom. The van der Waals surface area contributed by atoms with Crippen LogP contribution in [0, 0.1) is 5.92 Å². The lowest BCUT2D eigenvalue weighted by atomic mass is 10.0. The fourth-order valence-electron chi connectivity index (χ4n) is 2.11. The highest BCUT2D eigenvalue weighted by Gasteiger charge is 2.22. The Kier molecular flexibility index (Phi) is 1.86. The summed E-state index contributed by atoms with van der Waals surface area (Å²) in [6.45, 7) is 7.04.